The molecule has 2 aliphatic heterocycles. The molecule has 2 unspecified atom stereocenters. The average molecular weight is 236 g/mol. The van der Waals surface area contributed by atoms with Crippen LogP contribution in [0.4, 0.5) is 13.2 Å². The summed E-state index contributed by atoms with van der Waals surface area (Å²) in [6, 6.07) is 0.768. The van der Waals surface area contributed by atoms with Gasteiger partial charge in [0.25, 0.3) is 0 Å². The molecule has 2 atom stereocenters. The molecule has 0 amide bonds. The summed E-state index contributed by atoms with van der Waals surface area (Å²) >= 11 is 0. The zero-order chi connectivity index (χ0) is 11.6. The fourth-order valence-electron chi connectivity index (χ4n) is 2.88. The molecular formula is C11H19F3N2. The fourth-order valence-corrected chi connectivity index (χ4v) is 2.88. The van der Waals surface area contributed by atoms with E-state index in [0.29, 0.717) is 6.04 Å². The van der Waals surface area contributed by atoms with E-state index in [-0.39, 0.29) is 12.6 Å². The Bertz CT molecular complexity index is 230. The summed E-state index contributed by atoms with van der Waals surface area (Å²) in [5.41, 5.74) is 0. The Morgan fingerprint density at radius 2 is 1.94 bits per heavy atom. The van der Waals surface area contributed by atoms with Crippen LogP contribution in [0.5, 0.6) is 0 Å². The van der Waals surface area contributed by atoms with Gasteiger partial charge < -0.3 is 5.32 Å². The highest BCUT2D eigenvalue weighted by Crippen LogP contribution is 2.27. The molecule has 0 radical (unpaired) electrons. The van der Waals surface area contributed by atoms with E-state index >= 15 is 0 Å². The van der Waals surface area contributed by atoms with Gasteiger partial charge >= 0.3 is 6.18 Å². The summed E-state index contributed by atoms with van der Waals surface area (Å²) in [6.07, 6.45) is -0.134. The standard InChI is InChI=1S/C11H19F3N2/c12-11(13,14)5-6-15-9-4-8-16-7-2-1-3-10(9)16/h9-10,15H,1-8H2. The Labute approximate surface area is 94.2 Å². The highest BCUT2D eigenvalue weighted by atomic mass is 19.4. The third kappa shape index (κ3) is 3.10. The van der Waals surface area contributed by atoms with Gasteiger partial charge in [-0.25, -0.2) is 0 Å². The van der Waals surface area contributed by atoms with E-state index in [1.54, 1.807) is 0 Å². The largest absolute Gasteiger partial charge is 0.390 e. The maximum Gasteiger partial charge on any atom is 0.390 e. The van der Waals surface area contributed by atoms with Crippen molar-refractivity contribution in [2.24, 2.45) is 0 Å². The van der Waals surface area contributed by atoms with Crippen molar-refractivity contribution in [3.05, 3.63) is 0 Å². The molecule has 1 N–H and O–H groups in total. The molecule has 0 bridgehead atoms. The Balaban J connectivity index is 1.74. The Morgan fingerprint density at radius 3 is 2.69 bits per heavy atom. The van der Waals surface area contributed by atoms with E-state index in [4.69, 9.17) is 0 Å². The molecule has 0 aromatic rings. The van der Waals surface area contributed by atoms with Crippen molar-refractivity contribution in [1.29, 1.82) is 0 Å². The Morgan fingerprint density at radius 1 is 1.12 bits per heavy atom. The number of hydrogen-bond acceptors (Lipinski definition) is 2. The number of rotatable bonds is 3. The monoisotopic (exact) mass is 236 g/mol. The maximum absolute atomic E-state index is 12.0. The maximum atomic E-state index is 12.0. The van der Waals surface area contributed by atoms with Crippen molar-refractivity contribution in [2.45, 2.75) is 50.4 Å². The number of hydrogen-bond donors (Lipinski definition) is 1. The molecule has 2 saturated heterocycles. The summed E-state index contributed by atoms with van der Waals surface area (Å²) < 4.78 is 36.0. The van der Waals surface area contributed by atoms with E-state index in [0.717, 1.165) is 25.9 Å². The summed E-state index contributed by atoms with van der Waals surface area (Å²) in [5.74, 6) is 0. The quantitative estimate of drug-likeness (QED) is 0.807. The van der Waals surface area contributed by atoms with Crippen LogP contribution in [0.15, 0.2) is 0 Å². The predicted octanol–water partition coefficient (Wildman–Crippen LogP) is 2.16. The zero-order valence-corrected chi connectivity index (χ0v) is 9.39. The lowest BCUT2D eigenvalue weighted by atomic mass is 9.99. The molecule has 5 heteroatoms. The zero-order valence-electron chi connectivity index (χ0n) is 9.39. The third-order valence-corrected chi connectivity index (χ3v) is 3.67. The molecule has 0 saturated carbocycles. The first-order valence-electron chi connectivity index (χ1n) is 6.10. The highest BCUT2D eigenvalue weighted by Gasteiger charge is 2.35. The molecule has 2 nitrogen and oxygen atoms in total. The van der Waals surface area contributed by atoms with Crippen LogP contribution in [0.3, 0.4) is 0 Å². The molecule has 0 aliphatic carbocycles. The van der Waals surface area contributed by atoms with Crippen molar-refractivity contribution in [2.75, 3.05) is 19.6 Å². The first kappa shape index (κ1) is 12.2. The minimum absolute atomic E-state index is 0.0680. The number of alkyl halides is 3. The lowest BCUT2D eigenvalue weighted by molar-refractivity contribution is -0.133. The number of piperidine rings is 1. The van der Waals surface area contributed by atoms with Crippen LogP contribution in [0.1, 0.15) is 32.1 Å². The van der Waals surface area contributed by atoms with Gasteiger partial charge in [-0.3, -0.25) is 4.90 Å². The van der Waals surface area contributed by atoms with E-state index in [2.05, 4.69) is 10.2 Å². The molecule has 0 aromatic heterocycles. The molecule has 94 valence electrons. The van der Waals surface area contributed by atoms with Gasteiger partial charge in [-0.15, -0.1) is 0 Å². The lowest BCUT2D eigenvalue weighted by Crippen LogP contribution is -2.45. The highest BCUT2D eigenvalue weighted by molar-refractivity contribution is 4.93. The van der Waals surface area contributed by atoms with E-state index < -0.39 is 12.6 Å². The molecule has 2 rings (SSSR count). The molecule has 0 aromatic carbocycles. The number of nitrogens with zero attached hydrogens (tertiary/aromatic N) is 1. The second-order valence-electron chi connectivity index (χ2n) is 4.81. The molecule has 2 fully saturated rings. The SMILES string of the molecule is FC(F)(F)CCNC1CCN2CCCCC12. The average Bonchev–Trinajstić information content (AvgIpc) is 2.60. The number of fused-ring (bicyclic) bond motifs is 1. The van der Waals surface area contributed by atoms with Crippen molar-refractivity contribution >= 4 is 0 Å². The molecular weight excluding hydrogens is 217 g/mol. The second-order valence-corrected chi connectivity index (χ2v) is 4.81. The summed E-state index contributed by atoms with van der Waals surface area (Å²) in [7, 11) is 0. The minimum Gasteiger partial charge on any atom is -0.312 e. The van der Waals surface area contributed by atoms with Crippen molar-refractivity contribution < 1.29 is 13.2 Å². The van der Waals surface area contributed by atoms with Crippen molar-refractivity contribution in [3.8, 4) is 0 Å². The van der Waals surface area contributed by atoms with Crippen LogP contribution in [-0.2, 0) is 0 Å². The smallest absolute Gasteiger partial charge is 0.312 e. The van der Waals surface area contributed by atoms with E-state index in [1.807, 2.05) is 0 Å². The topological polar surface area (TPSA) is 15.3 Å². The van der Waals surface area contributed by atoms with Crippen molar-refractivity contribution in [1.82, 2.24) is 10.2 Å². The van der Waals surface area contributed by atoms with Gasteiger partial charge in [-0.1, -0.05) is 6.42 Å². The van der Waals surface area contributed by atoms with Crippen molar-refractivity contribution in [3.63, 3.8) is 0 Å². The summed E-state index contributed by atoms with van der Waals surface area (Å²) in [5, 5.41) is 3.08. The molecule has 2 aliphatic rings. The number of nitrogens with one attached hydrogen (secondary N) is 1. The van der Waals surface area contributed by atoms with Crippen LogP contribution in [0.25, 0.3) is 0 Å². The lowest BCUT2D eigenvalue weighted by Gasteiger charge is -2.32. The molecule has 16 heavy (non-hydrogen) atoms. The van der Waals surface area contributed by atoms with E-state index in [1.165, 1.54) is 12.8 Å². The normalized spacial score (nSPS) is 31.7. The van der Waals surface area contributed by atoms with Gasteiger partial charge in [-0.05, 0) is 25.8 Å². The number of halogens is 3. The van der Waals surface area contributed by atoms with Crippen LogP contribution >= 0.6 is 0 Å². The first-order chi connectivity index (χ1) is 7.56. The molecule has 0 spiro atoms. The Kier molecular flexibility index (Phi) is 3.74. The fraction of sp³-hybridized carbons (Fsp3) is 1.00. The van der Waals surface area contributed by atoms with Crippen LogP contribution in [-0.4, -0.2) is 42.8 Å². The predicted molar refractivity (Wildman–Crippen MR) is 56.3 cm³/mol. The van der Waals surface area contributed by atoms with Gasteiger partial charge in [0, 0.05) is 25.2 Å². The van der Waals surface area contributed by atoms with Gasteiger partial charge in [0.05, 0.1) is 6.42 Å². The Hall–Kier alpha value is -0.290. The summed E-state index contributed by atoms with van der Waals surface area (Å²) in [4.78, 5) is 2.43. The first-order valence-corrected chi connectivity index (χ1v) is 6.10. The third-order valence-electron chi connectivity index (χ3n) is 3.67. The molecule has 2 heterocycles. The minimum atomic E-state index is -4.03. The van der Waals surface area contributed by atoms with Gasteiger partial charge in [0.15, 0.2) is 0 Å². The van der Waals surface area contributed by atoms with Crippen LogP contribution < -0.4 is 5.32 Å². The summed E-state index contributed by atoms with van der Waals surface area (Å²) in [6.45, 7) is 2.25. The van der Waals surface area contributed by atoms with E-state index in [9.17, 15) is 13.2 Å². The van der Waals surface area contributed by atoms with Gasteiger partial charge in [0.1, 0.15) is 0 Å². The van der Waals surface area contributed by atoms with Crippen LogP contribution in [0.2, 0.25) is 0 Å². The van der Waals surface area contributed by atoms with Gasteiger partial charge in [0.2, 0.25) is 0 Å². The van der Waals surface area contributed by atoms with Crippen LogP contribution in [0, 0.1) is 0 Å². The second kappa shape index (κ2) is 4.92. The van der Waals surface area contributed by atoms with Gasteiger partial charge in [-0.2, -0.15) is 13.2 Å².